The lowest BCUT2D eigenvalue weighted by Crippen LogP contribution is -2.41. The van der Waals surface area contributed by atoms with Crippen molar-refractivity contribution in [1.82, 2.24) is 4.31 Å². The van der Waals surface area contributed by atoms with Gasteiger partial charge < -0.3 is 5.32 Å². The molecule has 0 spiro atoms. The standard InChI is InChI=1S/C19H21BrN2O3S/c1-14-2-8-18(9-3-14)26(24,25)22-12-10-15(11-13-22)19(23)21-17-6-4-16(20)5-7-17/h2-9,15H,10-13H2,1H3,(H,21,23). The average Bonchev–Trinajstić information content (AvgIpc) is 2.64. The highest BCUT2D eigenvalue weighted by Crippen LogP contribution is 2.25. The Morgan fingerprint density at radius 1 is 1.04 bits per heavy atom. The fourth-order valence-electron chi connectivity index (χ4n) is 3.00. The fourth-order valence-corrected chi connectivity index (χ4v) is 4.73. The molecule has 1 heterocycles. The predicted octanol–water partition coefficient (Wildman–Crippen LogP) is 3.80. The number of hydrogen-bond acceptors (Lipinski definition) is 3. The highest BCUT2D eigenvalue weighted by molar-refractivity contribution is 9.10. The Bertz CT molecular complexity index is 872. The molecule has 1 fully saturated rings. The summed E-state index contributed by atoms with van der Waals surface area (Å²) in [7, 11) is -3.50. The zero-order chi connectivity index (χ0) is 18.7. The largest absolute Gasteiger partial charge is 0.326 e. The molecule has 0 saturated carbocycles. The molecule has 1 N–H and O–H groups in total. The molecule has 0 aromatic heterocycles. The van der Waals surface area contributed by atoms with Gasteiger partial charge in [-0.2, -0.15) is 4.31 Å². The molecule has 5 nitrogen and oxygen atoms in total. The summed E-state index contributed by atoms with van der Waals surface area (Å²) in [5.41, 5.74) is 1.76. The normalized spacial score (nSPS) is 16.4. The Morgan fingerprint density at radius 3 is 2.19 bits per heavy atom. The Hall–Kier alpha value is -1.70. The van der Waals surface area contributed by atoms with Gasteiger partial charge in [0.1, 0.15) is 0 Å². The lowest BCUT2D eigenvalue weighted by molar-refractivity contribution is -0.120. The van der Waals surface area contributed by atoms with E-state index in [-0.39, 0.29) is 11.8 Å². The van der Waals surface area contributed by atoms with Crippen LogP contribution in [0.5, 0.6) is 0 Å². The van der Waals surface area contributed by atoms with Gasteiger partial charge in [0.25, 0.3) is 0 Å². The van der Waals surface area contributed by atoms with E-state index >= 15 is 0 Å². The highest BCUT2D eigenvalue weighted by atomic mass is 79.9. The monoisotopic (exact) mass is 436 g/mol. The van der Waals surface area contributed by atoms with Crippen LogP contribution in [0.4, 0.5) is 5.69 Å². The molecule has 2 aromatic carbocycles. The van der Waals surface area contributed by atoms with E-state index in [0.717, 1.165) is 15.7 Å². The van der Waals surface area contributed by atoms with Crippen LogP contribution in [-0.2, 0) is 14.8 Å². The van der Waals surface area contributed by atoms with Gasteiger partial charge in [-0.1, -0.05) is 33.6 Å². The van der Waals surface area contributed by atoms with Crippen molar-refractivity contribution >= 4 is 37.5 Å². The quantitative estimate of drug-likeness (QED) is 0.792. The minimum Gasteiger partial charge on any atom is -0.326 e. The van der Waals surface area contributed by atoms with Crippen molar-refractivity contribution in [3.8, 4) is 0 Å². The Kier molecular flexibility index (Phi) is 5.79. The van der Waals surface area contributed by atoms with Crippen LogP contribution in [0.3, 0.4) is 0 Å². The molecule has 3 rings (SSSR count). The number of amides is 1. The van der Waals surface area contributed by atoms with E-state index in [2.05, 4.69) is 21.2 Å². The Labute approximate surface area is 162 Å². The van der Waals surface area contributed by atoms with Crippen LogP contribution < -0.4 is 5.32 Å². The zero-order valence-corrected chi connectivity index (χ0v) is 16.9. The predicted molar refractivity (Wildman–Crippen MR) is 105 cm³/mol. The van der Waals surface area contributed by atoms with Gasteiger partial charge in [0.05, 0.1) is 4.90 Å². The molecule has 26 heavy (non-hydrogen) atoms. The van der Waals surface area contributed by atoms with Crippen molar-refractivity contribution in [2.24, 2.45) is 5.92 Å². The third-order valence-electron chi connectivity index (χ3n) is 4.60. The van der Waals surface area contributed by atoms with E-state index in [1.165, 1.54) is 4.31 Å². The van der Waals surface area contributed by atoms with Crippen molar-refractivity contribution in [2.75, 3.05) is 18.4 Å². The number of nitrogens with zero attached hydrogens (tertiary/aromatic N) is 1. The SMILES string of the molecule is Cc1ccc(S(=O)(=O)N2CCC(C(=O)Nc3ccc(Br)cc3)CC2)cc1. The minimum absolute atomic E-state index is 0.0558. The molecule has 7 heteroatoms. The first-order chi connectivity index (χ1) is 12.4. The van der Waals surface area contributed by atoms with Crippen LogP contribution in [0, 0.1) is 12.8 Å². The number of benzene rings is 2. The summed E-state index contributed by atoms with van der Waals surface area (Å²) in [4.78, 5) is 12.7. The number of sulfonamides is 1. The number of carbonyl (C=O) groups is 1. The van der Waals surface area contributed by atoms with Crippen LogP contribution in [0.15, 0.2) is 57.9 Å². The number of halogens is 1. The van der Waals surface area contributed by atoms with Crippen molar-refractivity contribution in [2.45, 2.75) is 24.7 Å². The Balaban J connectivity index is 1.60. The lowest BCUT2D eigenvalue weighted by atomic mass is 9.97. The molecule has 2 aromatic rings. The second-order valence-electron chi connectivity index (χ2n) is 6.49. The van der Waals surface area contributed by atoms with Gasteiger partial charge in [0.2, 0.25) is 15.9 Å². The zero-order valence-electron chi connectivity index (χ0n) is 14.5. The molecule has 0 atom stereocenters. The first-order valence-electron chi connectivity index (χ1n) is 8.49. The minimum atomic E-state index is -3.50. The number of rotatable bonds is 4. The van der Waals surface area contributed by atoms with Crippen molar-refractivity contribution in [3.63, 3.8) is 0 Å². The van der Waals surface area contributed by atoms with E-state index in [1.54, 1.807) is 24.3 Å². The van der Waals surface area contributed by atoms with E-state index in [4.69, 9.17) is 0 Å². The second kappa shape index (κ2) is 7.90. The highest BCUT2D eigenvalue weighted by Gasteiger charge is 2.32. The number of hydrogen-bond donors (Lipinski definition) is 1. The number of piperidine rings is 1. The topological polar surface area (TPSA) is 66.5 Å². The van der Waals surface area contributed by atoms with Gasteiger partial charge in [-0.15, -0.1) is 0 Å². The molecular weight excluding hydrogens is 416 g/mol. The van der Waals surface area contributed by atoms with Crippen LogP contribution in [0.1, 0.15) is 18.4 Å². The third-order valence-corrected chi connectivity index (χ3v) is 7.04. The molecule has 1 saturated heterocycles. The van der Waals surface area contributed by atoms with Crippen molar-refractivity contribution < 1.29 is 13.2 Å². The number of nitrogens with one attached hydrogen (secondary N) is 1. The molecule has 0 bridgehead atoms. The van der Waals surface area contributed by atoms with Crippen LogP contribution >= 0.6 is 15.9 Å². The molecule has 0 radical (unpaired) electrons. The van der Waals surface area contributed by atoms with Gasteiger partial charge in [0, 0.05) is 29.2 Å². The van der Waals surface area contributed by atoms with Gasteiger partial charge in [0.15, 0.2) is 0 Å². The molecular formula is C19H21BrN2O3S. The average molecular weight is 437 g/mol. The lowest BCUT2D eigenvalue weighted by Gasteiger charge is -2.30. The van der Waals surface area contributed by atoms with E-state index in [1.807, 2.05) is 31.2 Å². The molecule has 0 unspecified atom stereocenters. The van der Waals surface area contributed by atoms with Crippen molar-refractivity contribution in [1.29, 1.82) is 0 Å². The summed E-state index contributed by atoms with van der Waals surface area (Å²) in [6.45, 7) is 2.63. The van der Waals surface area contributed by atoms with Gasteiger partial charge >= 0.3 is 0 Å². The maximum absolute atomic E-state index is 12.7. The first kappa shape index (κ1) is 19.1. The smallest absolute Gasteiger partial charge is 0.243 e. The second-order valence-corrected chi connectivity index (χ2v) is 9.34. The van der Waals surface area contributed by atoms with Gasteiger partial charge in [-0.3, -0.25) is 4.79 Å². The fraction of sp³-hybridized carbons (Fsp3) is 0.316. The summed E-state index contributed by atoms with van der Waals surface area (Å²) in [6, 6.07) is 14.3. The number of anilines is 1. The summed E-state index contributed by atoms with van der Waals surface area (Å²) in [5.74, 6) is -0.233. The van der Waals surface area contributed by atoms with Gasteiger partial charge in [-0.25, -0.2) is 8.42 Å². The number of carbonyl (C=O) groups excluding carboxylic acids is 1. The van der Waals surface area contributed by atoms with Crippen molar-refractivity contribution in [3.05, 3.63) is 58.6 Å². The van der Waals surface area contributed by atoms with Crippen LogP contribution in [0.25, 0.3) is 0 Å². The van der Waals surface area contributed by atoms with Crippen LogP contribution in [-0.4, -0.2) is 31.7 Å². The summed E-state index contributed by atoms with van der Waals surface area (Å²) >= 11 is 3.36. The molecule has 1 amide bonds. The van der Waals surface area contributed by atoms with Gasteiger partial charge in [-0.05, 0) is 56.2 Å². The Morgan fingerprint density at radius 2 is 1.62 bits per heavy atom. The maximum Gasteiger partial charge on any atom is 0.243 e. The summed E-state index contributed by atoms with van der Waals surface area (Å²) in [6.07, 6.45) is 1.04. The third kappa shape index (κ3) is 4.34. The van der Waals surface area contributed by atoms with E-state index in [0.29, 0.717) is 30.8 Å². The molecule has 0 aliphatic carbocycles. The van der Waals surface area contributed by atoms with E-state index in [9.17, 15) is 13.2 Å². The maximum atomic E-state index is 12.7. The van der Waals surface area contributed by atoms with Crippen LogP contribution in [0.2, 0.25) is 0 Å². The molecule has 1 aliphatic rings. The number of aryl methyl sites for hydroxylation is 1. The first-order valence-corrected chi connectivity index (χ1v) is 10.7. The molecule has 1 aliphatic heterocycles. The summed E-state index contributed by atoms with van der Waals surface area (Å²) in [5, 5.41) is 2.90. The van der Waals surface area contributed by atoms with E-state index < -0.39 is 10.0 Å². The summed E-state index contributed by atoms with van der Waals surface area (Å²) < 4.78 is 27.9. The molecule has 138 valence electrons.